The number of aromatic nitrogens is 3. The van der Waals surface area contributed by atoms with Gasteiger partial charge in [0.05, 0.1) is 6.04 Å². The monoisotopic (exact) mass is 306 g/mol. The molecule has 0 bridgehead atoms. The Labute approximate surface area is 137 Å². The van der Waals surface area contributed by atoms with Crippen molar-refractivity contribution in [1.82, 2.24) is 20.1 Å². The van der Waals surface area contributed by atoms with Gasteiger partial charge in [0.25, 0.3) is 0 Å². The van der Waals surface area contributed by atoms with Crippen LogP contribution in [0, 0.1) is 6.92 Å². The number of aryl methyl sites for hydroxylation is 1. The van der Waals surface area contributed by atoms with Gasteiger partial charge in [0, 0.05) is 6.42 Å². The highest BCUT2D eigenvalue weighted by molar-refractivity contribution is 5.29. The molecule has 23 heavy (non-hydrogen) atoms. The molecule has 1 atom stereocenters. The van der Waals surface area contributed by atoms with Crippen molar-refractivity contribution in [1.29, 1.82) is 0 Å². The lowest BCUT2D eigenvalue weighted by molar-refractivity contribution is 0.330. The van der Waals surface area contributed by atoms with E-state index in [0.29, 0.717) is 0 Å². The highest BCUT2D eigenvalue weighted by atomic mass is 15.3. The van der Waals surface area contributed by atoms with Crippen LogP contribution in [0.2, 0.25) is 0 Å². The number of rotatable bonds is 5. The van der Waals surface area contributed by atoms with Crippen molar-refractivity contribution in [3.63, 3.8) is 0 Å². The second kappa shape index (κ2) is 6.75. The molecule has 4 heteroatoms. The van der Waals surface area contributed by atoms with Gasteiger partial charge in [-0.1, -0.05) is 60.2 Å². The molecule has 0 spiro atoms. The van der Waals surface area contributed by atoms with Gasteiger partial charge in [-0.2, -0.15) is 5.10 Å². The molecule has 2 aromatic carbocycles. The number of H-pyrrole nitrogens is 1. The maximum Gasteiger partial charge on any atom is 0.172 e. The molecule has 0 amide bonds. The predicted molar refractivity (Wildman–Crippen MR) is 92.3 cm³/mol. The smallest absolute Gasteiger partial charge is 0.172 e. The summed E-state index contributed by atoms with van der Waals surface area (Å²) in [7, 11) is 4.11. The first-order valence-electron chi connectivity index (χ1n) is 7.81. The van der Waals surface area contributed by atoms with E-state index < -0.39 is 0 Å². The Balaban J connectivity index is 1.87. The molecule has 0 fully saturated rings. The van der Waals surface area contributed by atoms with E-state index in [0.717, 1.165) is 18.1 Å². The number of nitrogens with zero attached hydrogens (tertiary/aromatic N) is 3. The van der Waals surface area contributed by atoms with Gasteiger partial charge in [-0.15, -0.1) is 0 Å². The van der Waals surface area contributed by atoms with Crippen molar-refractivity contribution in [2.75, 3.05) is 14.1 Å². The number of hydrogen-bond acceptors (Lipinski definition) is 3. The lowest BCUT2D eigenvalue weighted by atomic mass is 10.0. The lowest BCUT2D eigenvalue weighted by Crippen LogP contribution is -2.22. The zero-order chi connectivity index (χ0) is 16.2. The maximum atomic E-state index is 4.72. The summed E-state index contributed by atoms with van der Waals surface area (Å²) in [6.07, 6.45) is 0.766. The van der Waals surface area contributed by atoms with Crippen molar-refractivity contribution >= 4 is 0 Å². The highest BCUT2D eigenvalue weighted by Crippen LogP contribution is 2.24. The Hall–Kier alpha value is -2.46. The molecule has 0 saturated carbocycles. The third-order valence-electron chi connectivity index (χ3n) is 3.88. The standard InChI is InChI=1S/C19H22N4/c1-14-8-7-11-16(12-14)18(23(2)3)19-20-17(21-22-19)13-15-9-5-4-6-10-15/h4-12,18H,13H2,1-3H3,(H,20,21,22)/t18-/m0/s1. The molecule has 1 heterocycles. The molecular formula is C19H22N4. The van der Waals surface area contributed by atoms with Crippen LogP contribution in [0.5, 0.6) is 0 Å². The van der Waals surface area contributed by atoms with Crippen LogP contribution >= 0.6 is 0 Å². The van der Waals surface area contributed by atoms with Crippen molar-refractivity contribution in [3.05, 3.63) is 82.9 Å². The molecule has 4 nitrogen and oxygen atoms in total. The molecule has 0 saturated heterocycles. The van der Waals surface area contributed by atoms with Crippen LogP contribution in [0.25, 0.3) is 0 Å². The molecule has 0 aliphatic rings. The molecule has 1 N–H and O–H groups in total. The Kier molecular flexibility index (Phi) is 4.53. The third kappa shape index (κ3) is 3.66. The van der Waals surface area contributed by atoms with Crippen LogP contribution < -0.4 is 0 Å². The largest absolute Gasteiger partial charge is 0.296 e. The average Bonchev–Trinajstić information content (AvgIpc) is 2.96. The SMILES string of the molecule is Cc1cccc([C@@H](c2n[nH]c(Cc3ccccc3)n2)N(C)C)c1. The van der Waals surface area contributed by atoms with Gasteiger partial charge in [0.1, 0.15) is 5.82 Å². The van der Waals surface area contributed by atoms with Crippen molar-refractivity contribution < 1.29 is 0 Å². The van der Waals surface area contributed by atoms with E-state index >= 15 is 0 Å². The summed E-state index contributed by atoms with van der Waals surface area (Å²) >= 11 is 0. The predicted octanol–water partition coefficient (Wildman–Crippen LogP) is 3.35. The summed E-state index contributed by atoms with van der Waals surface area (Å²) in [5.41, 5.74) is 3.68. The molecular weight excluding hydrogens is 284 g/mol. The van der Waals surface area contributed by atoms with E-state index in [1.807, 2.05) is 18.2 Å². The Morgan fingerprint density at radius 3 is 2.52 bits per heavy atom. The molecule has 3 rings (SSSR count). The molecule has 0 unspecified atom stereocenters. The zero-order valence-electron chi connectivity index (χ0n) is 13.8. The van der Waals surface area contributed by atoms with E-state index in [1.165, 1.54) is 16.7 Å². The highest BCUT2D eigenvalue weighted by Gasteiger charge is 2.21. The zero-order valence-corrected chi connectivity index (χ0v) is 13.8. The fourth-order valence-corrected chi connectivity index (χ4v) is 2.82. The second-order valence-corrected chi connectivity index (χ2v) is 6.08. The van der Waals surface area contributed by atoms with Gasteiger partial charge in [-0.3, -0.25) is 10.00 Å². The normalized spacial score (nSPS) is 12.5. The number of nitrogens with one attached hydrogen (secondary N) is 1. The van der Waals surface area contributed by atoms with Gasteiger partial charge in [-0.25, -0.2) is 4.98 Å². The van der Waals surface area contributed by atoms with Gasteiger partial charge in [-0.05, 0) is 32.1 Å². The molecule has 0 aliphatic heterocycles. The Bertz CT molecular complexity index is 762. The maximum absolute atomic E-state index is 4.72. The topological polar surface area (TPSA) is 44.8 Å². The molecule has 1 aromatic heterocycles. The minimum atomic E-state index is 0.0515. The van der Waals surface area contributed by atoms with Crippen molar-refractivity contribution in [3.8, 4) is 0 Å². The first-order chi connectivity index (χ1) is 11.1. The Morgan fingerprint density at radius 1 is 1.04 bits per heavy atom. The summed E-state index contributed by atoms with van der Waals surface area (Å²) in [4.78, 5) is 6.87. The summed E-state index contributed by atoms with van der Waals surface area (Å²) in [6.45, 7) is 2.11. The van der Waals surface area contributed by atoms with Crippen LogP contribution in [-0.4, -0.2) is 34.2 Å². The Morgan fingerprint density at radius 2 is 1.83 bits per heavy atom. The van der Waals surface area contributed by atoms with E-state index in [1.54, 1.807) is 0 Å². The van der Waals surface area contributed by atoms with Gasteiger partial charge in [0.2, 0.25) is 0 Å². The van der Waals surface area contributed by atoms with E-state index in [9.17, 15) is 0 Å². The lowest BCUT2D eigenvalue weighted by Gasteiger charge is -2.22. The van der Waals surface area contributed by atoms with E-state index in [-0.39, 0.29) is 6.04 Å². The minimum absolute atomic E-state index is 0.0515. The van der Waals surface area contributed by atoms with Crippen molar-refractivity contribution in [2.45, 2.75) is 19.4 Å². The third-order valence-corrected chi connectivity index (χ3v) is 3.88. The van der Waals surface area contributed by atoms with Gasteiger partial charge in [0.15, 0.2) is 5.82 Å². The molecule has 0 radical (unpaired) electrons. The second-order valence-electron chi connectivity index (χ2n) is 6.08. The minimum Gasteiger partial charge on any atom is -0.296 e. The van der Waals surface area contributed by atoms with Crippen LogP contribution in [0.3, 0.4) is 0 Å². The number of hydrogen-bond donors (Lipinski definition) is 1. The number of benzene rings is 2. The molecule has 118 valence electrons. The van der Waals surface area contributed by atoms with Crippen LogP contribution in [-0.2, 0) is 6.42 Å². The van der Waals surface area contributed by atoms with Crippen LogP contribution in [0.4, 0.5) is 0 Å². The summed E-state index contributed by atoms with van der Waals surface area (Å²) in [6, 6.07) is 18.9. The quantitative estimate of drug-likeness (QED) is 0.786. The number of aromatic amines is 1. The average molecular weight is 306 g/mol. The van der Waals surface area contributed by atoms with Crippen molar-refractivity contribution in [2.24, 2.45) is 0 Å². The van der Waals surface area contributed by atoms with Crippen LogP contribution in [0.1, 0.15) is 34.4 Å². The summed E-state index contributed by atoms with van der Waals surface area (Å²) in [5, 5.41) is 7.55. The van der Waals surface area contributed by atoms with Gasteiger partial charge < -0.3 is 0 Å². The van der Waals surface area contributed by atoms with Crippen LogP contribution in [0.15, 0.2) is 54.6 Å². The first-order valence-corrected chi connectivity index (χ1v) is 7.81. The fourth-order valence-electron chi connectivity index (χ4n) is 2.82. The molecule has 0 aliphatic carbocycles. The molecule has 3 aromatic rings. The summed E-state index contributed by atoms with van der Waals surface area (Å²) in [5.74, 6) is 1.71. The summed E-state index contributed by atoms with van der Waals surface area (Å²) < 4.78 is 0. The van der Waals surface area contributed by atoms with Gasteiger partial charge >= 0.3 is 0 Å². The van der Waals surface area contributed by atoms with E-state index in [4.69, 9.17) is 4.98 Å². The van der Waals surface area contributed by atoms with E-state index in [2.05, 4.69) is 72.5 Å². The fraction of sp³-hybridized carbons (Fsp3) is 0.263. The first kappa shape index (κ1) is 15.4.